The van der Waals surface area contributed by atoms with Crippen molar-refractivity contribution in [2.45, 2.75) is 52.6 Å². The minimum absolute atomic E-state index is 0.0216. The Morgan fingerprint density at radius 1 is 1.18 bits per heavy atom. The van der Waals surface area contributed by atoms with Crippen molar-refractivity contribution in [3.8, 4) is 0 Å². The molecule has 4 nitrogen and oxygen atoms in total. The highest BCUT2D eigenvalue weighted by molar-refractivity contribution is 5.88. The number of carbonyl (C=O) groups excluding carboxylic acids is 1. The molecule has 0 saturated carbocycles. The van der Waals surface area contributed by atoms with Crippen molar-refractivity contribution < 1.29 is 4.79 Å². The monoisotopic (exact) mass is 375 g/mol. The summed E-state index contributed by atoms with van der Waals surface area (Å²) < 4.78 is 0. The molecule has 1 aliphatic rings. The smallest absolute Gasteiger partial charge is 0.244 e. The number of carbonyl (C=O) groups is 1. The molecule has 28 heavy (non-hydrogen) atoms. The molecule has 2 aromatic rings. The zero-order valence-electron chi connectivity index (χ0n) is 17.4. The zero-order valence-corrected chi connectivity index (χ0v) is 17.4. The number of rotatable bonds is 5. The fourth-order valence-corrected chi connectivity index (χ4v) is 4.09. The van der Waals surface area contributed by atoms with Crippen molar-refractivity contribution in [2.24, 2.45) is 5.10 Å². The maximum atomic E-state index is 12.0. The molecule has 3 rings (SSSR count). The lowest BCUT2D eigenvalue weighted by Gasteiger charge is -2.46. The highest BCUT2D eigenvalue weighted by atomic mass is 16.2. The van der Waals surface area contributed by atoms with Crippen LogP contribution in [0.15, 0.2) is 59.7 Å². The van der Waals surface area contributed by atoms with Crippen LogP contribution in [0.25, 0.3) is 5.57 Å². The molecule has 0 spiro atoms. The van der Waals surface area contributed by atoms with E-state index in [1.54, 1.807) is 6.21 Å². The fraction of sp³-hybridized carbons (Fsp3) is 0.333. The van der Waals surface area contributed by atoms with Crippen LogP contribution in [-0.4, -0.2) is 23.7 Å². The third-order valence-electron chi connectivity index (χ3n) is 5.02. The quantitative estimate of drug-likeness (QED) is 0.603. The second-order valence-electron chi connectivity index (χ2n) is 8.18. The first-order valence-electron chi connectivity index (χ1n) is 9.77. The number of hydrazone groups is 1. The predicted molar refractivity (Wildman–Crippen MR) is 118 cm³/mol. The summed E-state index contributed by atoms with van der Waals surface area (Å²) in [5, 5.41) is 4.14. The summed E-state index contributed by atoms with van der Waals surface area (Å²) in [4.78, 5) is 14.5. The van der Waals surface area contributed by atoms with Crippen LogP contribution >= 0.6 is 0 Å². The van der Waals surface area contributed by atoms with Gasteiger partial charge in [-0.3, -0.25) is 4.79 Å². The molecule has 2 aromatic carbocycles. The predicted octanol–water partition coefficient (Wildman–Crippen LogP) is 4.79. The van der Waals surface area contributed by atoms with Gasteiger partial charge in [0.1, 0.15) is 0 Å². The average molecular weight is 376 g/mol. The van der Waals surface area contributed by atoms with Gasteiger partial charge in [-0.2, -0.15) is 5.10 Å². The highest BCUT2D eigenvalue weighted by Gasteiger charge is 2.32. The molecular weight excluding hydrogens is 346 g/mol. The van der Waals surface area contributed by atoms with E-state index in [1.165, 1.54) is 16.8 Å². The van der Waals surface area contributed by atoms with Crippen molar-refractivity contribution in [3.05, 3.63) is 71.3 Å². The lowest BCUT2D eigenvalue weighted by Crippen LogP contribution is -2.49. The molecule has 0 unspecified atom stereocenters. The Hall–Kier alpha value is -2.88. The molecule has 0 bridgehead atoms. The van der Waals surface area contributed by atoms with E-state index in [-0.39, 0.29) is 11.4 Å². The minimum Gasteiger partial charge on any atom is -0.360 e. The lowest BCUT2D eigenvalue weighted by atomic mass is 9.87. The molecule has 0 aliphatic carbocycles. The molecule has 1 N–H and O–H groups in total. The number of anilines is 1. The van der Waals surface area contributed by atoms with Gasteiger partial charge in [-0.05, 0) is 63.5 Å². The van der Waals surface area contributed by atoms with Crippen LogP contribution in [0, 0.1) is 0 Å². The van der Waals surface area contributed by atoms with Crippen LogP contribution in [0.1, 0.15) is 51.3 Å². The van der Waals surface area contributed by atoms with Crippen molar-refractivity contribution in [2.75, 3.05) is 4.90 Å². The van der Waals surface area contributed by atoms with E-state index < -0.39 is 0 Å². The third kappa shape index (κ3) is 4.33. The number of hydrogen-bond donors (Lipinski definition) is 1. The lowest BCUT2D eigenvalue weighted by molar-refractivity contribution is -0.120. The molecule has 4 heteroatoms. The summed E-state index contributed by atoms with van der Waals surface area (Å²) >= 11 is 0. The molecule has 0 aromatic heterocycles. The average Bonchev–Trinajstić information content (AvgIpc) is 2.62. The van der Waals surface area contributed by atoms with Gasteiger partial charge in [-0.1, -0.05) is 42.5 Å². The van der Waals surface area contributed by atoms with Crippen molar-refractivity contribution >= 4 is 23.4 Å². The van der Waals surface area contributed by atoms with Crippen LogP contribution in [0.3, 0.4) is 0 Å². The molecule has 0 atom stereocenters. The van der Waals surface area contributed by atoms with Gasteiger partial charge in [-0.15, -0.1) is 0 Å². The number of nitrogens with one attached hydrogen (secondary N) is 1. The van der Waals surface area contributed by atoms with Crippen LogP contribution in [0.5, 0.6) is 0 Å². The van der Waals surface area contributed by atoms with Crippen molar-refractivity contribution in [3.63, 3.8) is 0 Å². The number of hydrogen-bond acceptors (Lipinski definition) is 3. The van der Waals surface area contributed by atoms with Gasteiger partial charge in [0, 0.05) is 17.3 Å². The largest absolute Gasteiger partial charge is 0.360 e. The van der Waals surface area contributed by atoms with E-state index in [9.17, 15) is 4.79 Å². The van der Waals surface area contributed by atoms with Crippen LogP contribution < -0.4 is 10.3 Å². The summed E-state index contributed by atoms with van der Waals surface area (Å²) in [6, 6.07) is 16.4. The van der Waals surface area contributed by atoms with Gasteiger partial charge >= 0.3 is 0 Å². The van der Waals surface area contributed by atoms with Gasteiger partial charge in [-0.25, -0.2) is 5.43 Å². The minimum atomic E-state index is -0.121. The van der Waals surface area contributed by atoms with Crippen molar-refractivity contribution in [1.29, 1.82) is 0 Å². The molecule has 146 valence electrons. The molecule has 1 aliphatic heterocycles. The molecular formula is C24H29N3O. The topological polar surface area (TPSA) is 44.7 Å². The maximum Gasteiger partial charge on any atom is 0.244 e. The first-order valence-corrected chi connectivity index (χ1v) is 9.77. The van der Waals surface area contributed by atoms with E-state index in [0.29, 0.717) is 12.5 Å². The second kappa shape index (κ2) is 8.01. The number of benzene rings is 2. The number of fused-ring (bicyclic) bond motifs is 1. The first kappa shape index (κ1) is 19.9. The number of allylic oxidation sites excluding steroid dienone is 1. The third-order valence-corrected chi connectivity index (χ3v) is 5.02. The van der Waals surface area contributed by atoms with E-state index in [1.807, 2.05) is 30.3 Å². The second-order valence-corrected chi connectivity index (χ2v) is 8.18. The van der Waals surface area contributed by atoms with Gasteiger partial charge in [0.25, 0.3) is 0 Å². The Kier molecular flexibility index (Phi) is 5.68. The Bertz CT molecular complexity index is 911. The SMILES string of the molecule is CC1=CC(C)(C)N(C(C)C)c2ccc(/C=N/NC(=O)Cc3ccccc3)cc21. The summed E-state index contributed by atoms with van der Waals surface area (Å²) in [6.45, 7) is 11.1. The maximum absolute atomic E-state index is 12.0. The fourth-order valence-electron chi connectivity index (χ4n) is 4.09. The standard InChI is InChI=1S/C24H29N3O/c1-17(2)27-22-12-11-20(13-21(22)18(3)15-24(27,4)5)16-25-26-23(28)14-19-9-7-6-8-10-19/h6-13,15-17H,14H2,1-5H3,(H,26,28)/b25-16+. The van der Waals surface area contributed by atoms with Crippen LogP contribution in [0.2, 0.25) is 0 Å². The Morgan fingerprint density at radius 3 is 2.57 bits per heavy atom. The van der Waals surface area contributed by atoms with Crippen LogP contribution in [0.4, 0.5) is 5.69 Å². The molecule has 0 radical (unpaired) electrons. The van der Waals surface area contributed by atoms with Gasteiger partial charge < -0.3 is 4.90 Å². The van der Waals surface area contributed by atoms with Gasteiger partial charge in [0.2, 0.25) is 5.91 Å². The number of nitrogens with zero attached hydrogens (tertiary/aromatic N) is 2. The summed E-state index contributed by atoms with van der Waals surface area (Å²) in [7, 11) is 0. The Labute approximate surface area is 168 Å². The molecule has 1 heterocycles. The molecule has 0 fully saturated rings. The summed E-state index contributed by atoms with van der Waals surface area (Å²) in [6.07, 6.45) is 4.34. The zero-order chi connectivity index (χ0) is 20.3. The first-order chi connectivity index (χ1) is 13.3. The van der Waals surface area contributed by atoms with Crippen LogP contribution in [-0.2, 0) is 11.2 Å². The molecule has 0 saturated heterocycles. The van der Waals surface area contributed by atoms with E-state index >= 15 is 0 Å². The number of amides is 1. The van der Waals surface area contributed by atoms with Gasteiger partial charge in [0.15, 0.2) is 0 Å². The summed E-state index contributed by atoms with van der Waals surface area (Å²) in [5.41, 5.74) is 8.26. The highest BCUT2D eigenvalue weighted by Crippen LogP contribution is 2.40. The molecule has 1 amide bonds. The van der Waals surface area contributed by atoms with E-state index in [2.05, 4.69) is 74.3 Å². The van der Waals surface area contributed by atoms with Crippen molar-refractivity contribution in [1.82, 2.24) is 5.43 Å². The van der Waals surface area contributed by atoms with E-state index in [0.717, 1.165) is 11.1 Å². The summed E-state index contributed by atoms with van der Waals surface area (Å²) in [5.74, 6) is -0.121. The van der Waals surface area contributed by atoms with Gasteiger partial charge in [0.05, 0.1) is 18.2 Å². The Morgan fingerprint density at radius 2 is 1.89 bits per heavy atom. The Balaban J connectivity index is 1.74. The van der Waals surface area contributed by atoms with E-state index in [4.69, 9.17) is 0 Å². The normalized spacial score (nSPS) is 15.5.